The normalized spacial score (nSPS) is 41.7. The molecule has 3 heteroatoms. The molecule has 1 amide bonds. The largest absolute Gasteiger partial charge is 0.323 e. The first-order chi connectivity index (χ1) is 10.5. The van der Waals surface area contributed by atoms with Crippen molar-refractivity contribution in [3.05, 3.63) is 35.9 Å². The first-order valence-electron chi connectivity index (χ1n) is 8.22. The van der Waals surface area contributed by atoms with E-state index in [0.29, 0.717) is 12.3 Å². The molecule has 0 aromatic heterocycles. The number of piperidine rings is 1. The first-order valence-corrected chi connectivity index (χ1v) is 8.22. The minimum Gasteiger partial charge on any atom is -0.323 e. The molecule has 0 unspecified atom stereocenters. The minimum absolute atomic E-state index is 0.0359. The van der Waals surface area contributed by atoms with Gasteiger partial charge in [0.1, 0.15) is 5.54 Å². The van der Waals surface area contributed by atoms with Gasteiger partial charge in [0.25, 0.3) is 0 Å². The van der Waals surface area contributed by atoms with Gasteiger partial charge in [0.05, 0.1) is 12.5 Å². The minimum atomic E-state index is -0.573. The molecule has 4 rings (SSSR count). The van der Waals surface area contributed by atoms with E-state index < -0.39 is 5.54 Å². The Morgan fingerprint density at radius 1 is 1.36 bits per heavy atom. The zero-order valence-electron chi connectivity index (χ0n) is 13.3. The SMILES string of the molecule is C[C@]12CC[C@H]3C[C@@]1(C#N)N(C(=O)Cc1ccccc1)C[C@@]32C. The third kappa shape index (κ3) is 1.34. The molecule has 0 radical (unpaired) electrons. The zero-order chi connectivity index (χ0) is 15.6. The van der Waals surface area contributed by atoms with Gasteiger partial charge in [-0.3, -0.25) is 4.79 Å². The zero-order valence-corrected chi connectivity index (χ0v) is 13.3. The van der Waals surface area contributed by atoms with Crippen LogP contribution in [0.25, 0.3) is 0 Å². The second-order valence-corrected chi connectivity index (χ2v) is 7.80. The van der Waals surface area contributed by atoms with Gasteiger partial charge in [-0.25, -0.2) is 0 Å². The van der Waals surface area contributed by atoms with Crippen LogP contribution < -0.4 is 0 Å². The summed E-state index contributed by atoms with van der Waals surface area (Å²) in [7, 11) is 0. The van der Waals surface area contributed by atoms with Crippen molar-refractivity contribution in [2.45, 2.75) is 45.1 Å². The highest BCUT2D eigenvalue weighted by atomic mass is 16.2. The van der Waals surface area contributed by atoms with Crippen LogP contribution in [0.2, 0.25) is 0 Å². The van der Waals surface area contributed by atoms with Gasteiger partial charge < -0.3 is 4.90 Å². The number of hydrogen-bond donors (Lipinski definition) is 0. The molecular formula is C19H22N2O. The second kappa shape index (κ2) is 4.13. The summed E-state index contributed by atoms with van der Waals surface area (Å²) in [6, 6.07) is 12.4. The molecule has 1 aliphatic heterocycles. The van der Waals surface area contributed by atoms with E-state index in [-0.39, 0.29) is 16.7 Å². The van der Waals surface area contributed by atoms with Crippen LogP contribution in [0.15, 0.2) is 30.3 Å². The number of hydrogen-bond acceptors (Lipinski definition) is 2. The van der Waals surface area contributed by atoms with Gasteiger partial charge in [-0.05, 0) is 36.2 Å². The van der Waals surface area contributed by atoms with Gasteiger partial charge in [0, 0.05) is 12.0 Å². The van der Waals surface area contributed by atoms with E-state index in [1.54, 1.807) is 0 Å². The number of carbonyl (C=O) groups excluding carboxylic acids is 1. The maximum absolute atomic E-state index is 12.9. The molecule has 1 aromatic rings. The van der Waals surface area contributed by atoms with Crippen LogP contribution in [0.3, 0.4) is 0 Å². The highest BCUT2D eigenvalue weighted by Crippen LogP contribution is 2.75. The number of likely N-dealkylation sites (tertiary alicyclic amines) is 1. The molecule has 22 heavy (non-hydrogen) atoms. The molecule has 2 saturated carbocycles. The quantitative estimate of drug-likeness (QED) is 0.841. The van der Waals surface area contributed by atoms with Crippen molar-refractivity contribution in [2.24, 2.45) is 16.7 Å². The predicted molar refractivity (Wildman–Crippen MR) is 83.8 cm³/mol. The molecule has 2 aliphatic carbocycles. The van der Waals surface area contributed by atoms with Gasteiger partial charge in [-0.15, -0.1) is 0 Å². The lowest BCUT2D eigenvalue weighted by atomic mass is 9.66. The lowest BCUT2D eigenvalue weighted by Crippen LogP contribution is -2.55. The third-order valence-electron chi connectivity index (χ3n) is 7.24. The number of rotatable bonds is 2. The molecule has 3 aliphatic rings. The summed E-state index contributed by atoms with van der Waals surface area (Å²) >= 11 is 0. The Hall–Kier alpha value is -1.82. The highest BCUT2D eigenvalue weighted by Gasteiger charge is 2.78. The van der Waals surface area contributed by atoms with E-state index in [4.69, 9.17) is 0 Å². The van der Waals surface area contributed by atoms with Crippen molar-refractivity contribution >= 4 is 5.91 Å². The molecule has 3 nitrogen and oxygen atoms in total. The number of nitriles is 1. The number of amides is 1. The fraction of sp³-hybridized carbons (Fsp3) is 0.579. The molecule has 1 aromatic carbocycles. The first kappa shape index (κ1) is 13.8. The van der Waals surface area contributed by atoms with Crippen molar-refractivity contribution in [1.29, 1.82) is 5.26 Å². The number of nitrogens with zero attached hydrogens (tertiary/aromatic N) is 2. The van der Waals surface area contributed by atoms with E-state index in [2.05, 4.69) is 19.9 Å². The average molecular weight is 294 g/mol. The summed E-state index contributed by atoms with van der Waals surface area (Å²) in [5, 5.41) is 9.99. The Morgan fingerprint density at radius 3 is 2.73 bits per heavy atom. The molecule has 4 atom stereocenters. The van der Waals surface area contributed by atoms with Crippen LogP contribution in [0.1, 0.15) is 38.7 Å². The maximum atomic E-state index is 12.9. The van der Waals surface area contributed by atoms with Crippen molar-refractivity contribution in [2.75, 3.05) is 6.54 Å². The summed E-state index contributed by atoms with van der Waals surface area (Å²) < 4.78 is 0. The van der Waals surface area contributed by atoms with Crippen molar-refractivity contribution < 1.29 is 4.79 Å². The molecule has 3 fully saturated rings. The molecule has 4 bridgehead atoms. The monoisotopic (exact) mass is 294 g/mol. The predicted octanol–water partition coefficient (Wildman–Crippen LogP) is 3.16. The maximum Gasteiger partial charge on any atom is 0.228 e. The summed E-state index contributed by atoms with van der Waals surface area (Å²) in [5.41, 5.74) is 0.543. The van der Waals surface area contributed by atoms with Crippen LogP contribution in [-0.4, -0.2) is 22.9 Å². The second-order valence-electron chi connectivity index (χ2n) is 7.80. The third-order valence-corrected chi connectivity index (χ3v) is 7.24. The Kier molecular flexibility index (Phi) is 2.59. The van der Waals surface area contributed by atoms with E-state index >= 15 is 0 Å². The summed E-state index contributed by atoms with van der Waals surface area (Å²) in [4.78, 5) is 14.8. The van der Waals surface area contributed by atoms with Crippen LogP contribution in [-0.2, 0) is 11.2 Å². The van der Waals surface area contributed by atoms with Crippen LogP contribution in [0.4, 0.5) is 0 Å². The summed E-state index contributed by atoms with van der Waals surface area (Å²) in [5.74, 6) is 0.723. The fourth-order valence-electron chi connectivity index (χ4n) is 5.68. The van der Waals surface area contributed by atoms with Gasteiger partial charge in [0.15, 0.2) is 0 Å². The van der Waals surface area contributed by atoms with Gasteiger partial charge in [-0.2, -0.15) is 5.26 Å². The van der Waals surface area contributed by atoms with Gasteiger partial charge in [0.2, 0.25) is 5.91 Å². The van der Waals surface area contributed by atoms with E-state index in [0.717, 1.165) is 24.9 Å². The summed E-state index contributed by atoms with van der Waals surface area (Å²) in [6.45, 7) is 5.31. The smallest absolute Gasteiger partial charge is 0.228 e. The van der Waals surface area contributed by atoms with Crippen molar-refractivity contribution in [3.8, 4) is 6.07 Å². The van der Waals surface area contributed by atoms with E-state index in [1.165, 1.54) is 6.42 Å². The van der Waals surface area contributed by atoms with Gasteiger partial charge in [-0.1, -0.05) is 44.2 Å². The Balaban J connectivity index is 1.68. The lowest BCUT2D eigenvalue weighted by Gasteiger charge is -2.43. The fourth-order valence-corrected chi connectivity index (χ4v) is 5.68. The molecule has 1 saturated heterocycles. The lowest BCUT2D eigenvalue weighted by molar-refractivity contribution is -0.136. The molecular weight excluding hydrogens is 272 g/mol. The van der Waals surface area contributed by atoms with Crippen LogP contribution in [0, 0.1) is 28.1 Å². The van der Waals surface area contributed by atoms with Crippen LogP contribution >= 0.6 is 0 Å². The Morgan fingerprint density at radius 2 is 2.09 bits per heavy atom. The topological polar surface area (TPSA) is 44.1 Å². The number of benzene rings is 1. The van der Waals surface area contributed by atoms with Gasteiger partial charge >= 0.3 is 0 Å². The Bertz CT molecular complexity index is 678. The van der Waals surface area contributed by atoms with E-state index in [9.17, 15) is 10.1 Å². The molecule has 114 valence electrons. The number of carbonyl (C=O) groups is 1. The highest BCUT2D eigenvalue weighted by molar-refractivity contribution is 5.81. The van der Waals surface area contributed by atoms with Crippen LogP contribution in [0.5, 0.6) is 0 Å². The van der Waals surface area contributed by atoms with Crippen molar-refractivity contribution in [1.82, 2.24) is 4.90 Å². The van der Waals surface area contributed by atoms with Crippen molar-refractivity contribution in [3.63, 3.8) is 0 Å². The molecule has 0 spiro atoms. The molecule has 0 N–H and O–H groups in total. The average Bonchev–Trinajstić information content (AvgIpc) is 2.97. The Labute approximate surface area is 131 Å². The summed E-state index contributed by atoms with van der Waals surface area (Å²) in [6.07, 6.45) is 3.58. The standard InChI is InChI=1S/C19H22N2O/c1-17-13-21(16(22)10-14-6-4-3-5-7-14)19(12-20)11-15(17)8-9-18(17,19)2/h3-7,15H,8-11,13H2,1-2H3/t15-,17-,18+,19-/m0/s1. The molecule has 1 heterocycles. The van der Waals surface area contributed by atoms with E-state index in [1.807, 2.05) is 35.2 Å².